The molecule has 7 nitrogen and oxygen atoms in total. The summed E-state index contributed by atoms with van der Waals surface area (Å²) >= 11 is 0. The minimum atomic E-state index is -0.426. The summed E-state index contributed by atoms with van der Waals surface area (Å²) in [4.78, 5) is 15.1. The third kappa shape index (κ3) is 3.48. The van der Waals surface area contributed by atoms with Crippen LogP contribution >= 0.6 is 0 Å². The van der Waals surface area contributed by atoms with Crippen LogP contribution in [0.4, 0.5) is 17.1 Å². The summed E-state index contributed by atoms with van der Waals surface area (Å²) in [7, 11) is 1.64. The molecule has 128 valence electrons. The van der Waals surface area contributed by atoms with Crippen molar-refractivity contribution in [1.29, 1.82) is 5.26 Å². The van der Waals surface area contributed by atoms with Gasteiger partial charge >= 0.3 is 0 Å². The lowest BCUT2D eigenvalue weighted by molar-refractivity contribution is -0.384. The molecular weight excluding hydrogens is 320 g/mol. The Morgan fingerprint density at radius 2 is 1.84 bits per heavy atom. The van der Waals surface area contributed by atoms with Gasteiger partial charge < -0.3 is 14.5 Å². The van der Waals surface area contributed by atoms with Crippen LogP contribution in [-0.2, 0) is 0 Å². The Labute approximate surface area is 145 Å². The van der Waals surface area contributed by atoms with Crippen LogP contribution < -0.4 is 14.5 Å². The van der Waals surface area contributed by atoms with E-state index in [1.54, 1.807) is 19.2 Å². The molecule has 3 rings (SSSR count). The zero-order valence-electron chi connectivity index (χ0n) is 13.9. The highest BCUT2D eigenvalue weighted by Gasteiger charge is 2.24. The van der Waals surface area contributed by atoms with E-state index in [0.29, 0.717) is 24.3 Å². The fraction of sp³-hybridized carbons (Fsp3) is 0.278. The van der Waals surface area contributed by atoms with Crippen molar-refractivity contribution in [3.63, 3.8) is 0 Å². The molecule has 0 amide bonds. The van der Waals surface area contributed by atoms with Gasteiger partial charge in [-0.3, -0.25) is 10.1 Å². The molecular formula is C18H18N4O3. The fourth-order valence-electron chi connectivity index (χ4n) is 3.02. The molecule has 0 saturated carbocycles. The molecule has 0 aliphatic carbocycles. The molecule has 1 fully saturated rings. The number of nitriles is 1. The average molecular weight is 338 g/mol. The highest BCUT2D eigenvalue weighted by molar-refractivity contribution is 5.66. The summed E-state index contributed by atoms with van der Waals surface area (Å²) in [6.45, 7) is 2.85. The van der Waals surface area contributed by atoms with Crippen molar-refractivity contribution in [2.45, 2.75) is 0 Å². The van der Waals surface area contributed by atoms with Crippen molar-refractivity contribution in [2.24, 2.45) is 0 Å². The molecule has 0 aromatic heterocycles. The van der Waals surface area contributed by atoms with Gasteiger partial charge in [0.25, 0.3) is 5.69 Å². The Morgan fingerprint density at radius 1 is 1.12 bits per heavy atom. The number of benzene rings is 2. The van der Waals surface area contributed by atoms with E-state index in [4.69, 9.17) is 10.00 Å². The number of piperazine rings is 1. The Balaban J connectivity index is 1.76. The number of methoxy groups -OCH3 is 1. The second-order valence-electron chi connectivity index (χ2n) is 5.75. The van der Waals surface area contributed by atoms with Crippen LogP contribution in [0.1, 0.15) is 5.56 Å². The number of hydrogen-bond acceptors (Lipinski definition) is 6. The van der Waals surface area contributed by atoms with E-state index < -0.39 is 4.92 Å². The Hall–Kier alpha value is -3.27. The minimum absolute atomic E-state index is 0.0196. The van der Waals surface area contributed by atoms with E-state index in [1.807, 2.05) is 35.2 Å². The second-order valence-corrected chi connectivity index (χ2v) is 5.75. The van der Waals surface area contributed by atoms with Gasteiger partial charge in [0.05, 0.1) is 23.7 Å². The van der Waals surface area contributed by atoms with Crippen LogP contribution in [0.2, 0.25) is 0 Å². The standard InChI is InChI=1S/C18H18N4O3/c1-25-16-4-2-3-15(12-16)20-7-9-21(10-8-20)17-6-5-14(13-19)11-18(17)22(23)24/h2-6,11-12H,7-10H2,1H3. The van der Waals surface area contributed by atoms with Gasteiger partial charge in [-0.2, -0.15) is 5.26 Å². The SMILES string of the molecule is COc1cccc(N2CCN(c3ccc(C#N)cc3[N+](=O)[O-])CC2)c1. The van der Waals surface area contributed by atoms with Gasteiger partial charge in [-0.1, -0.05) is 6.07 Å². The maximum absolute atomic E-state index is 11.3. The van der Waals surface area contributed by atoms with Crippen molar-refractivity contribution >= 4 is 17.1 Å². The average Bonchev–Trinajstić information content (AvgIpc) is 2.67. The number of anilines is 2. The number of nitrogens with zero attached hydrogens (tertiary/aromatic N) is 4. The molecule has 7 heteroatoms. The van der Waals surface area contributed by atoms with Gasteiger partial charge in [0, 0.05) is 44.0 Å². The fourth-order valence-corrected chi connectivity index (χ4v) is 3.02. The Morgan fingerprint density at radius 3 is 2.48 bits per heavy atom. The number of rotatable bonds is 4. The summed E-state index contributed by atoms with van der Waals surface area (Å²) in [6, 6.07) is 14.4. The van der Waals surface area contributed by atoms with Crippen molar-refractivity contribution in [2.75, 3.05) is 43.1 Å². The highest BCUT2D eigenvalue weighted by atomic mass is 16.6. The summed E-state index contributed by atoms with van der Waals surface area (Å²) in [5, 5.41) is 20.3. The smallest absolute Gasteiger partial charge is 0.293 e. The van der Waals surface area contributed by atoms with Crippen molar-refractivity contribution in [1.82, 2.24) is 0 Å². The zero-order valence-corrected chi connectivity index (χ0v) is 13.9. The van der Waals surface area contributed by atoms with E-state index in [9.17, 15) is 10.1 Å². The first-order valence-corrected chi connectivity index (χ1v) is 7.95. The van der Waals surface area contributed by atoms with Crippen molar-refractivity contribution < 1.29 is 9.66 Å². The van der Waals surface area contributed by atoms with Gasteiger partial charge in [-0.05, 0) is 24.3 Å². The third-order valence-corrected chi connectivity index (χ3v) is 4.34. The molecule has 25 heavy (non-hydrogen) atoms. The van der Waals surface area contributed by atoms with Crippen molar-refractivity contribution in [3.8, 4) is 11.8 Å². The lowest BCUT2D eigenvalue weighted by Gasteiger charge is -2.37. The maximum atomic E-state index is 11.3. The predicted molar refractivity (Wildman–Crippen MR) is 95.2 cm³/mol. The summed E-state index contributed by atoms with van der Waals surface area (Å²) in [5.41, 5.74) is 1.92. The van der Waals surface area contributed by atoms with Crippen LogP contribution in [-0.4, -0.2) is 38.2 Å². The predicted octanol–water partition coefficient (Wildman–Crippen LogP) is 2.80. The van der Waals surface area contributed by atoms with Crippen LogP contribution in [0.3, 0.4) is 0 Å². The molecule has 0 atom stereocenters. The van der Waals surface area contributed by atoms with Crippen LogP contribution in [0.15, 0.2) is 42.5 Å². The number of nitro benzene ring substituents is 1. The number of hydrogen-bond donors (Lipinski definition) is 0. The quantitative estimate of drug-likeness (QED) is 0.630. The number of nitro groups is 1. The molecule has 2 aromatic rings. The van der Waals surface area contributed by atoms with E-state index in [2.05, 4.69) is 4.90 Å². The molecule has 0 unspecified atom stereocenters. The molecule has 1 saturated heterocycles. The second kappa shape index (κ2) is 7.09. The maximum Gasteiger partial charge on any atom is 0.293 e. The first kappa shape index (κ1) is 16.6. The topological polar surface area (TPSA) is 82.6 Å². The molecule has 0 spiro atoms. The summed E-state index contributed by atoms with van der Waals surface area (Å²) < 4.78 is 5.26. The Kier molecular flexibility index (Phi) is 4.70. The highest BCUT2D eigenvalue weighted by Crippen LogP contribution is 2.31. The summed E-state index contributed by atoms with van der Waals surface area (Å²) in [6.07, 6.45) is 0. The lowest BCUT2D eigenvalue weighted by Crippen LogP contribution is -2.46. The Bertz CT molecular complexity index is 823. The van der Waals surface area contributed by atoms with Crippen LogP contribution in [0, 0.1) is 21.4 Å². The van der Waals surface area contributed by atoms with Gasteiger partial charge in [-0.15, -0.1) is 0 Å². The molecule has 0 N–H and O–H groups in total. The van der Waals surface area contributed by atoms with Gasteiger partial charge in [-0.25, -0.2) is 0 Å². The normalized spacial score (nSPS) is 14.1. The lowest BCUT2D eigenvalue weighted by atomic mass is 10.1. The molecule has 0 bridgehead atoms. The van der Waals surface area contributed by atoms with Gasteiger partial charge in [0.1, 0.15) is 11.4 Å². The first-order valence-electron chi connectivity index (χ1n) is 7.95. The molecule has 1 heterocycles. The third-order valence-electron chi connectivity index (χ3n) is 4.34. The molecule has 1 aliphatic heterocycles. The molecule has 2 aromatic carbocycles. The van der Waals surface area contributed by atoms with E-state index in [0.717, 1.165) is 24.5 Å². The van der Waals surface area contributed by atoms with E-state index in [1.165, 1.54) is 6.07 Å². The monoisotopic (exact) mass is 338 g/mol. The molecule has 0 radical (unpaired) electrons. The number of ether oxygens (including phenoxy) is 1. The van der Waals surface area contributed by atoms with E-state index in [-0.39, 0.29) is 5.69 Å². The van der Waals surface area contributed by atoms with Gasteiger partial charge in [0.2, 0.25) is 0 Å². The summed E-state index contributed by atoms with van der Waals surface area (Å²) in [5.74, 6) is 0.808. The van der Waals surface area contributed by atoms with Crippen molar-refractivity contribution in [3.05, 3.63) is 58.1 Å². The minimum Gasteiger partial charge on any atom is -0.497 e. The molecule has 1 aliphatic rings. The van der Waals surface area contributed by atoms with E-state index >= 15 is 0 Å². The largest absolute Gasteiger partial charge is 0.497 e. The van der Waals surface area contributed by atoms with Crippen LogP contribution in [0.25, 0.3) is 0 Å². The van der Waals surface area contributed by atoms with Crippen LogP contribution in [0.5, 0.6) is 5.75 Å². The van der Waals surface area contributed by atoms with Gasteiger partial charge in [0.15, 0.2) is 0 Å². The first-order chi connectivity index (χ1) is 12.1. The zero-order chi connectivity index (χ0) is 17.8.